The van der Waals surface area contributed by atoms with E-state index in [0.29, 0.717) is 5.69 Å². The highest BCUT2D eigenvalue weighted by atomic mass is 19.4. The van der Waals surface area contributed by atoms with Gasteiger partial charge in [-0.05, 0) is 25.1 Å². The molecular weight excluding hydrogens is 273 g/mol. The number of halogens is 3. The summed E-state index contributed by atoms with van der Waals surface area (Å²) in [6, 6.07) is 2.49. The van der Waals surface area contributed by atoms with Gasteiger partial charge in [0, 0.05) is 11.9 Å². The molecule has 20 heavy (non-hydrogen) atoms. The van der Waals surface area contributed by atoms with Crippen LogP contribution in [0.1, 0.15) is 11.3 Å². The number of anilines is 1. The third-order valence-electron chi connectivity index (χ3n) is 2.56. The lowest BCUT2D eigenvalue weighted by molar-refractivity contribution is -0.137. The Morgan fingerprint density at radius 1 is 1.40 bits per heavy atom. The zero-order valence-electron chi connectivity index (χ0n) is 10.4. The van der Waals surface area contributed by atoms with E-state index < -0.39 is 17.8 Å². The van der Waals surface area contributed by atoms with Crippen LogP contribution in [0.4, 0.5) is 23.7 Å². The molecule has 0 saturated heterocycles. The molecule has 1 aromatic heterocycles. The highest BCUT2D eigenvalue weighted by Crippen LogP contribution is 2.35. The van der Waals surface area contributed by atoms with Gasteiger partial charge in [-0.15, -0.1) is 0 Å². The Balaban J connectivity index is 2.54. The Labute approximate surface area is 112 Å². The first-order valence-electron chi connectivity index (χ1n) is 5.56. The fourth-order valence-electron chi connectivity index (χ4n) is 1.76. The maximum Gasteiger partial charge on any atom is 0.418 e. The van der Waals surface area contributed by atoms with Crippen LogP contribution in [0.25, 0.3) is 5.69 Å². The van der Waals surface area contributed by atoms with Gasteiger partial charge in [0.15, 0.2) is 0 Å². The van der Waals surface area contributed by atoms with E-state index in [9.17, 15) is 18.0 Å². The molecule has 8 heteroatoms. The number of hydrogen-bond donors (Lipinski definition) is 2. The summed E-state index contributed by atoms with van der Waals surface area (Å²) in [4.78, 5) is 14.6. The fraction of sp³-hybridized carbons (Fsp3) is 0.167. The number of aromatic nitrogens is 2. The Kier molecular flexibility index (Phi) is 3.39. The van der Waals surface area contributed by atoms with Gasteiger partial charge in [-0.2, -0.15) is 13.2 Å². The van der Waals surface area contributed by atoms with E-state index >= 15 is 0 Å². The fourth-order valence-corrected chi connectivity index (χ4v) is 1.76. The zero-order chi connectivity index (χ0) is 14.9. The second-order valence-corrected chi connectivity index (χ2v) is 4.14. The van der Waals surface area contributed by atoms with Crippen molar-refractivity contribution in [3.05, 3.63) is 42.0 Å². The molecule has 0 aliphatic rings. The highest BCUT2D eigenvalue weighted by Gasteiger charge is 2.34. The van der Waals surface area contributed by atoms with Gasteiger partial charge in [0.2, 0.25) is 0 Å². The van der Waals surface area contributed by atoms with Gasteiger partial charge in [-0.3, -0.25) is 0 Å². The van der Waals surface area contributed by atoms with Crippen molar-refractivity contribution in [1.29, 1.82) is 0 Å². The van der Waals surface area contributed by atoms with Crippen LogP contribution in [0, 0.1) is 6.92 Å². The van der Waals surface area contributed by atoms with Gasteiger partial charge >= 0.3 is 12.2 Å². The molecule has 0 saturated carbocycles. The second kappa shape index (κ2) is 4.87. The molecule has 1 heterocycles. The van der Waals surface area contributed by atoms with Crippen LogP contribution in [-0.2, 0) is 6.18 Å². The van der Waals surface area contributed by atoms with Crippen molar-refractivity contribution >= 4 is 11.7 Å². The molecule has 1 aromatic carbocycles. The molecule has 5 nitrogen and oxygen atoms in total. The normalized spacial score (nSPS) is 11.4. The number of nitrogens with zero attached hydrogens (tertiary/aromatic N) is 2. The molecule has 0 atom stereocenters. The number of carbonyl (C=O) groups is 1. The molecule has 0 aliphatic carbocycles. The number of imidazole rings is 1. The Bertz CT molecular complexity index is 648. The van der Waals surface area contributed by atoms with E-state index in [-0.39, 0.29) is 11.4 Å². The van der Waals surface area contributed by atoms with Crippen molar-refractivity contribution < 1.29 is 18.0 Å². The minimum Gasteiger partial charge on any atom is -0.351 e. The van der Waals surface area contributed by atoms with Crippen LogP contribution in [0.5, 0.6) is 0 Å². The van der Waals surface area contributed by atoms with Gasteiger partial charge in [0.05, 0.1) is 23.3 Å². The third-order valence-corrected chi connectivity index (χ3v) is 2.56. The van der Waals surface area contributed by atoms with Crippen LogP contribution in [0.15, 0.2) is 30.7 Å². The summed E-state index contributed by atoms with van der Waals surface area (Å²) in [5, 5.41) is 2.12. The number of amides is 2. The van der Waals surface area contributed by atoms with Crippen molar-refractivity contribution in [1.82, 2.24) is 9.55 Å². The number of nitrogens with one attached hydrogen (secondary N) is 1. The highest BCUT2D eigenvalue weighted by molar-refractivity contribution is 5.88. The quantitative estimate of drug-likeness (QED) is 0.889. The Hall–Kier alpha value is -2.51. The summed E-state index contributed by atoms with van der Waals surface area (Å²) >= 11 is 0. The monoisotopic (exact) mass is 284 g/mol. The largest absolute Gasteiger partial charge is 0.418 e. The number of carbonyl (C=O) groups excluding carboxylic acids is 1. The van der Waals surface area contributed by atoms with Gasteiger partial charge in [0.1, 0.15) is 0 Å². The predicted molar refractivity (Wildman–Crippen MR) is 66.5 cm³/mol. The summed E-state index contributed by atoms with van der Waals surface area (Å²) < 4.78 is 40.5. The summed E-state index contributed by atoms with van der Waals surface area (Å²) in [6.45, 7) is 1.67. The average molecular weight is 284 g/mol. The molecule has 0 bridgehead atoms. The van der Waals surface area contributed by atoms with Crippen LogP contribution in [0.3, 0.4) is 0 Å². The van der Waals surface area contributed by atoms with Gasteiger partial charge in [-0.1, -0.05) is 0 Å². The van der Waals surface area contributed by atoms with Crippen molar-refractivity contribution in [3.63, 3.8) is 0 Å². The van der Waals surface area contributed by atoms with Crippen LogP contribution in [-0.4, -0.2) is 15.6 Å². The third kappa shape index (κ3) is 2.90. The van der Waals surface area contributed by atoms with E-state index in [1.165, 1.54) is 29.2 Å². The Morgan fingerprint density at radius 2 is 2.10 bits per heavy atom. The number of alkyl halides is 3. The number of hydrogen-bond acceptors (Lipinski definition) is 2. The maximum absolute atomic E-state index is 13.1. The van der Waals surface area contributed by atoms with Crippen molar-refractivity contribution in [3.8, 4) is 5.69 Å². The molecule has 3 N–H and O–H groups in total. The van der Waals surface area contributed by atoms with Crippen molar-refractivity contribution in [2.45, 2.75) is 13.1 Å². The average Bonchev–Trinajstić information content (AvgIpc) is 2.74. The summed E-state index contributed by atoms with van der Waals surface area (Å²) in [5.74, 6) is 0. The van der Waals surface area contributed by atoms with E-state index in [1.807, 2.05) is 0 Å². The number of nitrogens with two attached hydrogens (primary N) is 1. The summed E-state index contributed by atoms with van der Waals surface area (Å²) in [6.07, 6.45) is -1.80. The van der Waals surface area contributed by atoms with Crippen molar-refractivity contribution in [2.24, 2.45) is 5.73 Å². The topological polar surface area (TPSA) is 72.9 Å². The maximum atomic E-state index is 13.1. The molecule has 0 unspecified atom stereocenters. The van der Waals surface area contributed by atoms with Gasteiger partial charge < -0.3 is 15.6 Å². The van der Waals surface area contributed by atoms with Crippen LogP contribution < -0.4 is 11.1 Å². The first kappa shape index (κ1) is 13.9. The van der Waals surface area contributed by atoms with E-state index in [0.717, 1.165) is 6.07 Å². The van der Waals surface area contributed by atoms with E-state index in [4.69, 9.17) is 5.73 Å². The van der Waals surface area contributed by atoms with E-state index in [2.05, 4.69) is 10.3 Å². The summed E-state index contributed by atoms with van der Waals surface area (Å²) in [7, 11) is 0. The van der Waals surface area contributed by atoms with Gasteiger partial charge in [0.25, 0.3) is 0 Å². The zero-order valence-corrected chi connectivity index (χ0v) is 10.4. The summed E-state index contributed by atoms with van der Waals surface area (Å²) in [5.41, 5.74) is 4.50. The first-order valence-corrected chi connectivity index (χ1v) is 5.56. The standard InChI is InChI=1S/C12H11F3N4O/c1-7-5-19(6-17-7)10-3-2-8(18-11(16)20)4-9(10)12(13,14)15/h2-6H,1H3,(H3,16,18,20). The smallest absolute Gasteiger partial charge is 0.351 e. The van der Waals surface area contributed by atoms with Crippen molar-refractivity contribution in [2.75, 3.05) is 5.32 Å². The number of benzene rings is 1. The second-order valence-electron chi connectivity index (χ2n) is 4.14. The SMILES string of the molecule is Cc1cn(-c2ccc(NC(N)=O)cc2C(F)(F)F)cn1. The molecule has 106 valence electrons. The first-order chi connectivity index (χ1) is 9.27. The molecule has 0 fully saturated rings. The molecule has 2 aromatic rings. The molecule has 0 aliphatic heterocycles. The number of rotatable bonds is 2. The lowest BCUT2D eigenvalue weighted by Crippen LogP contribution is -2.20. The number of urea groups is 1. The molecule has 0 radical (unpaired) electrons. The van der Waals surface area contributed by atoms with Crippen LogP contribution in [0.2, 0.25) is 0 Å². The molecule has 2 amide bonds. The predicted octanol–water partition coefficient (Wildman–Crippen LogP) is 2.69. The lowest BCUT2D eigenvalue weighted by atomic mass is 10.1. The molecular formula is C12H11F3N4O. The molecule has 2 rings (SSSR count). The minimum absolute atomic E-state index is 0.0228. The van der Waals surface area contributed by atoms with E-state index in [1.54, 1.807) is 6.92 Å². The lowest BCUT2D eigenvalue weighted by Gasteiger charge is -2.15. The minimum atomic E-state index is -4.57. The Morgan fingerprint density at radius 3 is 2.60 bits per heavy atom. The van der Waals surface area contributed by atoms with Crippen LogP contribution >= 0.6 is 0 Å². The molecule has 0 spiro atoms. The van der Waals surface area contributed by atoms with Gasteiger partial charge in [-0.25, -0.2) is 9.78 Å². The number of primary amides is 1. The number of aryl methyl sites for hydroxylation is 1.